The molecule has 1 aliphatic heterocycles. The van der Waals surface area contributed by atoms with Gasteiger partial charge in [0.1, 0.15) is 5.82 Å². The van der Waals surface area contributed by atoms with Crippen molar-refractivity contribution in [1.29, 1.82) is 0 Å². The number of likely N-dealkylation sites (tertiary alicyclic amines) is 1. The van der Waals surface area contributed by atoms with Gasteiger partial charge in [0.15, 0.2) is 0 Å². The molecule has 24 heavy (non-hydrogen) atoms. The Labute approximate surface area is 138 Å². The summed E-state index contributed by atoms with van der Waals surface area (Å²) >= 11 is 0. The maximum atomic E-state index is 14.3. The Balaban J connectivity index is 1.81. The van der Waals surface area contributed by atoms with E-state index in [1.165, 1.54) is 13.3 Å². The van der Waals surface area contributed by atoms with Crippen LogP contribution in [0.15, 0.2) is 23.5 Å². The molecule has 1 atom stereocenters. The van der Waals surface area contributed by atoms with Crippen molar-refractivity contribution in [3.8, 4) is 5.88 Å². The molecular weight excluding hydrogens is 313 g/mol. The SMILES string of the molecule is COc1ccc2ncc(F)c(CCN3CC(=NO)[C@H](CN)C3)c2n1. The predicted molar refractivity (Wildman–Crippen MR) is 88.0 cm³/mol. The number of nitrogens with two attached hydrogens (primary N) is 1. The van der Waals surface area contributed by atoms with Gasteiger partial charge in [-0.1, -0.05) is 5.16 Å². The van der Waals surface area contributed by atoms with Crippen molar-refractivity contribution in [1.82, 2.24) is 14.9 Å². The van der Waals surface area contributed by atoms with E-state index in [0.29, 0.717) is 60.8 Å². The number of methoxy groups -OCH3 is 1. The Hall–Kier alpha value is -2.32. The molecule has 1 fully saturated rings. The lowest BCUT2D eigenvalue weighted by molar-refractivity contribution is 0.314. The summed E-state index contributed by atoms with van der Waals surface area (Å²) in [4.78, 5) is 10.5. The summed E-state index contributed by atoms with van der Waals surface area (Å²) in [6.07, 6.45) is 1.69. The highest BCUT2D eigenvalue weighted by Crippen LogP contribution is 2.22. The molecule has 0 amide bonds. The van der Waals surface area contributed by atoms with Gasteiger partial charge in [0.05, 0.1) is 30.1 Å². The average molecular weight is 333 g/mol. The average Bonchev–Trinajstić information content (AvgIpc) is 3.02. The van der Waals surface area contributed by atoms with Gasteiger partial charge in [-0.15, -0.1) is 0 Å². The summed E-state index contributed by atoms with van der Waals surface area (Å²) in [7, 11) is 1.52. The summed E-state index contributed by atoms with van der Waals surface area (Å²) in [6, 6.07) is 3.47. The predicted octanol–water partition coefficient (Wildman–Crippen LogP) is 1.04. The monoisotopic (exact) mass is 333 g/mol. The number of aromatic nitrogens is 2. The van der Waals surface area contributed by atoms with Gasteiger partial charge in [0.25, 0.3) is 0 Å². The molecule has 1 aliphatic rings. The maximum Gasteiger partial charge on any atom is 0.213 e. The van der Waals surface area contributed by atoms with Crippen molar-refractivity contribution in [2.45, 2.75) is 6.42 Å². The zero-order chi connectivity index (χ0) is 17.1. The number of pyridine rings is 2. The highest BCUT2D eigenvalue weighted by Gasteiger charge is 2.28. The van der Waals surface area contributed by atoms with E-state index in [1.54, 1.807) is 12.1 Å². The number of fused-ring (bicyclic) bond motifs is 1. The van der Waals surface area contributed by atoms with Crippen molar-refractivity contribution in [2.24, 2.45) is 16.8 Å². The van der Waals surface area contributed by atoms with Crippen molar-refractivity contribution in [2.75, 3.05) is 33.3 Å². The molecule has 2 aromatic rings. The van der Waals surface area contributed by atoms with Gasteiger partial charge >= 0.3 is 0 Å². The van der Waals surface area contributed by atoms with Crippen molar-refractivity contribution < 1.29 is 14.3 Å². The minimum absolute atomic E-state index is 0.0484. The van der Waals surface area contributed by atoms with E-state index in [-0.39, 0.29) is 11.7 Å². The van der Waals surface area contributed by atoms with Crippen molar-refractivity contribution >= 4 is 16.7 Å². The smallest absolute Gasteiger partial charge is 0.213 e. The summed E-state index contributed by atoms with van der Waals surface area (Å²) < 4.78 is 19.4. The lowest BCUT2D eigenvalue weighted by atomic mass is 10.1. The second kappa shape index (κ2) is 7.06. The molecule has 7 nitrogen and oxygen atoms in total. The standard InChI is InChI=1S/C16H20FN5O2/c1-24-15-3-2-13-16(20-15)11(12(17)7-19-13)4-5-22-8-10(6-18)14(9-22)21-23/h2-3,7,10,23H,4-6,8-9,18H2,1H3/t10-/m1/s1. The molecule has 0 bridgehead atoms. The van der Waals surface area contributed by atoms with Gasteiger partial charge in [-0.25, -0.2) is 9.37 Å². The number of halogens is 1. The molecule has 3 N–H and O–H groups in total. The Morgan fingerprint density at radius 1 is 1.50 bits per heavy atom. The molecule has 3 rings (SSSR count). The Morgan fingerprint density at radius 2 is 2.33 bits per heavy atom. The van der Waals surface area contributed by atoms with Gasteiger partial charge in [0, 0.05) is 43.7 Å². The maximum absolute atomic E-state index is 14.3. The van der Waals surface area contributed by atoms with Gasteiger partial charge < -0.3 is 15.7 Å². The van der Waals surface area contributed by atoms with E-state index >= 15 is 0 Å². The first-order valence-corrected chi connectivity index (χ1v) is 7.77. The minimum atomic E-state index is -0.381. The number of oxime groups is 1. The Bertz CT molecular complexity index is 767. The van der Waals surface area contributed by atoms with Crippen LogP contribution in [0.4, 0.5) is 4.39 Å². The third-order valence-electron chi connectivity index (χ3n) is 4.38. The van der Waals surface area contributed by atoms with E-state index in [9.17, 15) is 4.39 Å². The van der Waals surface area contributed by atoms with E-state index in [0.717, 1.165) is 0 Å². The molecule has 0 aromatic carbocycles. The highest BCUT2D eigenvalue weighted by molar-refractivity contribution is 5.90. The van der Waals surface area contributed by atoms with Crippen LogP contribution < -0.4 is 10.5 Å². The summed E-state index contributed by atoms with van der Waals surface area (Å²) in [5, 5.41) is 12.3. The molecular formula is C16H20FN5O2. The number of hydrogen-bond acceptors (Lipinski definition) is 7. The van der Waals surface area contributed by atoms with Gasteiger partial charge in [-0.05, 0) is 12.5 Å². The van der Waals surface area contributed by atoms with Crippen LogP contribution in [-0.4, -0.2) is 59.1 Å². The first kappa shape index (κ1) is 16.5. The van der Waals surface area contributed by atoms with Gasteiger partial charge in [-0.2, -0.15) is 0 Å². The van der Waals surface area contributed by atoms with Crippen LogP contribution in [0, 0.1) is 11.7 Å². The Morgan fingerprint density at radius 3 is 3.00 bits per heavy atom. The zero-order valence-corrected chi connectivity index (χ0v) is 13.4. The largest absolute Gasteiger partial charge is 0.481 e. The molecule has 0 spiro atoms. The van der Waals surface area contributed by atoms with E-state index < -0.39 is 0 Å². The molecule has 3 heterocycles. The second-order valence-corrected chi connectivity index (χ2v) is 5.82. The van der Waals surface area contributed by atoms with E-state index in [2.05, 4.69) is 20.0 Å². The summed E-state index contributed by atoms with van der Waals surface area (Å²) in [6.45, 7) is 2.29. The van der Waals surface area contributed by atoms with Gasteiger partial charge in [0.2, 0.25) is 5.88 Å². The van der Waals surface area contributed by atoms with E-state index in [1.807, 2.05) is 0 Å². The van der Waals surface area contributed by atoms with E-state index in [4.69, 9.17) is 15.7 Å². The third-order valence-corrected chi connectivity index (χ3v) is 4.38. The number of rotatable bonds is 5. The summed E-state index contributed by atoms with van der Waals surface area (Å²) in [5.74, 6) is 0.0938. The number of hydrogen-bond donors (Lipinski definition) is 2. The van der Waals surface area contributed by atoms with Crippen LogP contribution in [0.5, 0.6) is 5.88 Å². The van der Waals surface area contributed by atoms with Gasteiger partial charge in [-0.3, -0.25) is 9.88 Å². The summed E-state index contributed by atoms with van der Waals surface area (Å²) in [5.41, 5.74) is 8.02. The van der Waals surface area contributed by atoms with Crippen LogP contribution >= 0.6 is 0 Å². The van der Waals surface area contributed by atoms with Crippen LogP contribution in [0.2, 0.25) is 0 Å². The highest BCUT2D eigenvalue weighted by atomic mass is 19.1. The van der Waals surface area contributed by atoms with Crippen LogP contribution in [0.25, 0.3) is 11.0 Å². The fourth-order valence-corrected chi connectivity index (χ4v) is 3.03. The van der Waals surface area contributed by atoms with Crippen LogP contribution in [-0.2, 0) is 6.42 Å². The second-order valence-electron chi connectivity index (χ2n) is 5.82. The molecule has 128 valence electrons. The quantitative estimate of drug-likeness (QED) is 0.627. The van der Waals surface area contributed by atoms with Crippen LogP contribution in [0.1, 0.15) is 5.56 Å². The van der Waals surface area contributed by atoms with Crippen molar-refractivity contribution in [3.63, 3.8) is 0 Å². The molecule has 0 aliphatic carbocycles. The fourth-order valence-electron chi connectivity index (χ4n) is 3.03. The van der Waals surface area contributed by atoms with Crippen molar-refractivity contribution in [3.05, 3.63) is 29.7 Å². The normalized spacial score (nSPS) is 20.1. The molecule has 1 saturated heterocycles. The molecule has 2 aromatic heterocycles. The number of nitrogens with zero attached hydrogens (tertiary/aromatic N) is 4. The molecule has 8 heteroatoms. The van der Waals surface area contributed by atoms with Crippen LogP contribution in [0.3, 0.4) is 0 Å². The zero-order valence-electron chi connectivity index (χ0n) is 13.4. The molecule has 0 saturated carbocycles. The number of ether oxygens (including phenoxy) is 1. The lowest BCUT2D eigenvalue weighted by Crippen LogP contribution is -2.25. The Kier molecular flexibility index (Phi) is 4.86. The molecule has 0 unspecified atom stereocenters. The third kappa shape index (κ3) is 3.15. The minimum Gasteiger partial charge on any atom is -0.481 e. The first-order valence-electron chi connectivity index (χ1n) is 7.77. The topological polar surface area (TPSA) is 96.9 Å². The first-order chi connectivity index (χ1) is 11.7. The molecule has 0 radical (unpaired) electrons. The lowest BCUT2D eigenvalue weighted by Gasteiger charge is -2.15. The fraction of sp³-hybridized carbons (Fsp3) is 0.438.